The molecule has 6 aromatic rings. The molecule has 0 saturated heterocycles. The smallest absolute Gasteiger partial charge is 0.378 e. The van der Waals surface area contributed by atoms with Gasteiger partial charge in [0.1, 0.15) is 9.79 Å². The molecule has 0 atom stereocenters. The second kappa shape index (κ2) is 12.0. The Morgan fingerprint density at radius 1 is 0.521 bits per heavy atom. The molecule has 0 saturated carbocycles. The van der Waals surface area contributed by atoms with E-state index >= 15 is 0 Å². The Bertz CT molecular complexity index is 2450. The first kappa shape index (κ1) is 31.4. The van der Waals surface area contributed by atoms with Crippen LogP contribution in [0.2, 0.25) is 0 Å². The number of benzene rings is 6. The Hall–Kier alpha value is -6.55. The molecular weight excluding hydrogens is 661 g/mol. The van der Waals surface area contributed by atoms with Crippen LogP contribution >= 0.6 is 0 Å². The average molecular weight is 679 g/mol. The van der Waals surface area contributed by atoms with Crippen LogP contribution in [0.3, 0.4) is 0 Å². The summed E-state index contributed by atoms with van der Waals surface area (Å²) in [5.41, 5.74) is -1.11. The van der Waals surface area contributed by atoms with Gasteiger partial charge in [0, 0.05) is 22.9 Å². The summed E-state index contributed by atoms with van der Waals surface area (Å²) >= 11 is 0. The molecule has 15 heteroatoms. The molecule has 0 N–H and O–H groups in total. The zero-order valence-corrected chi connectivity index (χ0v) is 25.8. The number of hydrogen-bond donors (Lipinski definition) is 0. The van der Waals surface area contributed by atoms with Crippen molar-refractivity contribution in [1.82, 2.24) is 0 Å². The molecule has 0 aromatic heterocycles. The number of carbonyl (C=O) groups is 1. The number of nitrogens with zero attached hydrogens (tertiary/aromatic N) is 4. The highest BCUT2D eigenvalue weighted by atomic mass is 32.2. The largest absolute Gasteiger partial charge is 0.867 e. The molecular formula is C33H18N4O9S2. The summed E-state index contributed by atoms with van der Waals surface area (Å²) in [6.45, 7) is 0. The van der Waals surface area contributed by atoms with Gasteiger partial charge in [-0.2, -0.15) is 16.8 Å². The van der Waals surface area contributed by atoms with Gasteiger partial charge in [-0.05, 0) is 70.8 Å². The van der Waals surface area contributed by atoms with Gasteiger partial charge < -0.3 is 18.6 Å². The Morgan fingerprint density at radius 2 is 0.917 bits per heavy atom. The minimum Gasteiger partial charge on any atom is -0.867 e. The molecule has 6 rings (SSSR count). The molecule has 0 unspecified atom stereocenters. The second-order valence-electron chi connectivity index (χ2n) is 10.1. The van der Waals surface area contributed by atoms with Crippen molar-refractivity contribution in [2.24, 2.45) is 0 Å². The van der Waals surface area contributed by atoms with Crippen LogP contribution in [0, 0.1) is 10.8 Å². The lowest BCUT2D eigenvalue weighted by Crippen LogP contribution is -2.15. The average Bonchev–Trinajstić information content (AvgIpc) is 3.08. The molecule has 0 aliphatic carbocycles. The van der Waals surface area contributed by atoms with Crippen LogP contribution in [-0.4, -0.2) is 22.6 Å². The molecule has 0 aliphatic rings. The third-order valence-electron chi connectivity index (χ3n) is 7.32. The molecule has 0 aliphatic heterocycles. The molecule has 0 amide bonds. The van der Waals surface area contributed by atoms with Gasteiger partial charge >= 0.3 is 31.6 Å². The fourth-order valence-corrected chi connectivity index (χ4v) is 7.43. The Kier molecular flexibility index (Phi) is 7.85. The Balaban J connectivity index is 1.37. The van der Waals surface area contributed by atoms with E-state index in [1.54, 1.807) is 0 Å². The summed E-state index contributed by atoms with van der Waals surface area (Å²) in [6.07, 6.45) is 0. The molecule has 6 aromatic carbocycles. The normalized spacial score (nSPS) is 11.5. The van der Waals surface area contributed by atoms with E-state index in [4.69, 9.17) is 19.2 Å². The van der Waals surface area contributed by atoms with Crippen LogP contribution < -0.4 is 18.6 Å². The zero-order chi connectivity index (χ0) is 34.2. The van der Waals surface area contributed by atoms with E-state index in [9.17, 15) is 31.8 Å². The molecule has 48 heavy (non-hydrogen) atoms. The Morgan fingerprint density at radius 3 is 1.31 bits per heavy atom. The lowest BCUT2D eigenvalue weighted by molar-refractivity contribution is -0.265. The molecule has 0 spiro atoms. The van der Waals surface area contributed by atoms with Crippen LogP contribution in [-0.2, 0) is 20.2 Å². The Labute approximate surface area is 272 Å². The molecule has 13 nitrogen and oxygen atoms in total. The van der Waals surface area contributed by atoms with E-state index in [0.29, 0.717) is 0 Å². The maximum Gasteiger partial charge on any atom is 0.378 e. The van der Waals surface area contributed by atoms with E-state index in [-0.39, 0.29) is 44.0 Å². The lowest BCUT2D eigenvalue weighted by Gasteiger charge is -2.15. The van der Waals surface area contributed by atoms with Gasteiger partial charge in [0.2, 0.25) is 16.6 Å². The third-order valence-corrected chi connectivity index (χ3v) is 9.91. The van der Waals surface area contributed by atoms with E-state index in [1.165, 1.54) is 97.1 Å². The minimum absolute atomic E-state index is 0.0119. The van der Waals surface area contributed by atoms with Crippen LogP contribution in [0.15, 0.2) is 119 Å². The standard InChI is InChI=1S/C33H18N4O9S2/c34-36-25-17-15-19-21(32(25)39)9-5-13-29(19)47(41,42)45-27-11-3-1-7-23(27)31(38)24-8-2-4-12-28(24)46-48(43,44)30-14-6-10-22-20(30)16-18-26(37-35)33(22)40/h1-18H. The number of fused-ring (bicyclic) bond motifs is 2. The van der Waals surface area contributed by atoms with Crippen molar-refractivity contribution < 1.29 is 40.2 Å². The first-order valence-electron chi connectivity index (χ1n) is 13.7. The van der Waals surface area contributed by atoms with Crippen molar-refractivity contribution in [2.45, 2.75) is 9.79 Å². The maximum absolute atomic E-state index is 13.9. The fraction of sp³-hybridized carbons (Fsp3) is 0. The zero-order valence-electron chi connectivity index (χ0n) is 24.2. The van der Waals surface area contributed by atoms with Crippen molar-refractivity contribution in [3.63, 3.8) is 0 Å². The monoisotopic (exact) mass is 678 g/mol. The van der Waals surface area contributed by atoms with Crippen LogP contribution in [0.4, 0.5) is 11.4 Å². The third kappa shape index (κ3) is 5.45. The van der Waals surface area contributed by atoms with Gasteiger partial charge in [-0.1, -0.05) is 48.5 Å². The maximum atomic E-state index is 13.9. The van der Waals surface area contributed by atoms with E-state index < -0.39 is 58.8 Å². The van der Waals surface area contributed by atoms with Crippen LogP contribution in [0.1, 0.15) is 15.9 Å². The number of para-hydroxylation sites is 2. The minimum atomic E-state index is -4.68. The summed E-state index contributed by atoms with van der Waals surface area (Å²) in [4.78, 5) is 18.9. The molecule has 0 radical (unpaired) electrons. The number of carbonyl (C=O) groups excluding carboxylic acids is 1. The van der Waals surface area contributed by atoms with Gasteiger partial charge in [-0.15, -0.1) is 0 Å². The first-order valence-corrected chi connectivity index (χ1v) is 16.6. The highest BCUT2D eigenvalue weighted by molar-refractivity contribution is 7.87. The first-order chi connectivity index (χ1) is 23.0. The van der Waals surface area contributed by atoms with Crippen LogP contribution in [0.5, 0.6) is 23.0 Å². The summed E-state index contributed by atoms with van der Waals surface area (Å²) in [5.74, 6) is -3.07. The lowest BCUT2D eigenvalue weighted by atomic mass is 10.0. The SMILES string of the molecule is N#[N+]c1ccc2c(S(=O)(=O)Oc3ccccc3C(=O)c3ccccc3OS(=O)(=O)c3cccc4c([O-])c([N+]#N)ccc34)cccc2c1[O-]. The summed E-state index contributed by atoms with van der Waals surface area (Å²) in [6, 6.07) is 23.3. The van der Waals surface area contributed by atoms with Crippen molar-refractivity contribution in [1.29, 1.82) is 10.8 Å². The topological polar surface area (TPSA) is 206 Å². The van der Waals surface area contributed by atoms with E-state index in [0.717, 1.165) is 12.1 Å². The van der Waals surface area contributed by atoms with Gasteiger partial charge in [0.15, 0.2) is 21.5 Å². The van der Waals surface area contributed by atoms with Crippen molar-refractivity contribution >= 4 is 58.9 Å². The molecule has 0 bridgehead atoms. The summed E-state index contributed by atoms with van der Waals surface area (Å²) < 4.78 is 64.9. The highest BCUT2D eigenvalue weighted by Gasteiger charge is 2.28. The summed E-state index contributed by atoms with van der Waals surface area (Å²) in [7, 11) is -9.36. The predicted molar refractivity (Wildman–Crippen MR) is 168 cm³/mol. The number of diazo groups is 2. The second-order valence-corrected chi connectivity index (χ2v) is 13.2. The predicted octanol–water partition coefficient (Wildman–Crippen LogP) is 5.88. The van der Waals surface area contributed by atoms with Gasteiger partial charge in [-0.3, -0.25) is 4.79 Å². The van der Waals surface area contributed by atoms with Gasteiger partial charge in [0.05, 0.1) is 11.1 Å². The number of hydrogen-bond acceptors (Lipinski definition) is 11. The molecule has 0 fully saturated rings. The van der Waals surface area contributed by atoms with Crippen LogP contribution in [0.25, 0.3) is 31.5 Å². The quantitative estimate of drug-likeness (QED) is 0.106. The fourth-order valence-electron chi connectivity index (χ4n) is 5.10. The number of rotatable bonds is 8. The van der Waals surface area contributed by atoms with Crippen molar-refractivity contribution in [2.75, 3.05) is 0 Å². The number of ketones is 1. The van der Waals surface area contributed by atoms with Crippen molar-refractivity contribution in [3.8, 4) is 23.0 Å². The molecule has 0 heterocycles. The van der Waals surface area contributed by atoms with E-state index in [1.807, 2.05) is 0 Å². The highest BCUT2D eigenvalue weighted by Crippen LogP contribution is 2.38. The van der Waals surface area contributed by atoms with Gasteiger partial charge in [-0.25, -0.2) is 0 Å². The summed E-state index contributed by atoms with van der Waals surface area (Å²) in [5, 5.41) is 43.2. The van der Waals surface area contributed by atoms with E-state index in [2.05, 4.69) is 9.95 Å². The van der Waals surface area contributed by atoms with Gasteiger partial charge in [0.25, 0.3) is 0 Å². The molecule has 236 valence electrons. The van der Waals surface area contributed by atoms with Crippen molar-refractivity contribution in [3.05, 3.63) is 130 Å².